The van der Waals surface area contributed by atoms with Crippen molar-refractivity contribution in [2.24, 2.45) is 0 Å². The van der Waals surface area contributed by atoms with E-state index in [2.05, 4.69) is 44.7 Å². The van der Waals surface area contributed by atoms with Crippen molar-refractivity contribution in [1.29, 1.82) is 0 Å². The molecule has 5 nitrogen and oxygen atoms in total. The molecule has 150 valence electrons. The first kappa shape index (κ1) is 20.2. The molecule has 0 N–H and O–H groups in total. The lowest BCUT2D eigenvalue weighted by Gasteiger charge is -2.32. The summed E-state index contributed by atoms with van der Waals surface area (Å²) in [5.74, 6) is 0.977. The summed E-state index contributed by atoms with van der Waals surface area (Å²) in [7, 11) is 0. The number of hydrogen-bond donors (Lipinski definition) is 0. The number of anilines is 1. The number of aromatic nitrogens is 1. The minimum Gasteiger partial charge on any atom is -0.445 e. The zero-order chi connectivity index (χ0) is 20.1. The lowest BCUT2D eigenvalue weighted by atomic mass is 10.1. The molecule has 0 spiro atoms. The van der Waals surface area contributed by atoms with Gasteiger partial charge in [-0.25, -0.2) is 9.78 Å². The van der Waals surface area contributed by atoms with Gasteiger partial charge in [-0.05, 0) is 57.7 Å². The molecule has 2 heterocycles. The summed E-state index contributed by atoms with van der Waals surface area (Å²) in [5, 5.41) is 0. The van der Waals surface area contributed by atoms with E-state index in [1.807, 2.05) is 41.4 Å². The highest BCUT2D eigenvalue weighted by Gasteiger charge is 2.31. The van der Waals surface area contributed by atoms with Gasteiger partial charge in [-0.1, -0.05) is 36.4 Å². The van der Waals surface area contributed by atoms with Crippen LogP contribution in [0.3, 0.4) is 0 Å². The largest absolute Gasteiger partial charge is 0.445 e. The van der Waals surface area contributed by atoms with E-state index in [-0.39, 0.29) is 12.1 Å². The Balaban J connectivity index is 1.67. The smallest absolute Gasteiger partial charge is 0.410 e. The Morgan fingerprint density at radius 2 is 1.86 bits per heavy atom. The summed E-state index contributed by atoms with van der Waals surface area (Å²) >= 11 is 0. The SMILES string of the molecule is CC(C)N(c1ccc(C2CCCN2C(=O)OCc2ccccc2)cn1)C(C)C. The molecule has 1 aliphatic heterocycles. The lowest BCUT2D eigenvalue weighted by molar-refractivity contribution is 0.0920. The molecule has 1 saturated heterocycles. The van der Waals surface area contributed by atoms with Crippen molar-refractivity contribution in [3.05, 3.63) is 59.8 Å². The molecular formula is C23H31N3O2. The van der Waals surface area contributed by atoms with Crippen LogP contribution in [0.4, 0.5) is 10.6 Å². The Morgan fingerprint density at radius 3 is 2.46 bits per heavy atom. The zero-order valence-corrected chi connectivity index (χ0v) is 17.3. The van der Waals surface area contributed by atoms with Gasteiger partial charge in [0.25, 0.3) is 0 Å². The molecule has 1 aliphatic rings. The first-order chi connectivity index (χ1) is 13.5. The van der Waals surface area contributed by atoms with Crippen LogP contribution in [0.15, 0.2) is 48.7 Å². The van der Waals surface area contributed by atoms with Crippen molar-refractivity contribution in [2.75, 3.05) is 11.4 Å². The summed E-state index contributed by atoms with van der Waals surface area (Å²) in [6.07, 6.45) is 3.60. The van der Waals surface area contributed by atoms with Gasteiger partial charge in [0.1, 0.15) is 12.4 Å². The van der Waals surface area contributed by atoms with E-state index in [0.717, 1.165) is 36.3 Å². The number of ether oxygens (including phenoxy) is 1. The molecule has 1 fully saturated rings. The predicted molar refractivity (Wildman–Crippen MR) is 112 cm³/mol. The van der Waals surface area contributed by atoms with Crippen LogP contribution in [0.2, 0.25) is 0 Å². The number of benzene rings is 1. The predicted octanol–water partition coefficient (Wildman–Crippen LogP) is 5.18. The summed E-state index contributed by atoms with van der Waals surface area (Å²) < 4.78 is 5.55. The van der Waals surface area contributed by atoms with E-state index in [1.165, 1.54) is 0 Å². The van der Waals surface area contributed by atoms with Gasteiger partial charge in [0.05, 0.1) is 6.04 Å². The number of carbonyl (C=O) groups excluding carboxylic acids is 1. The Labute approximate surface area is 168 Å². The van der Waals surface area contributed by atoms with Gasteiger partial charge in [0, 0.05) is 24.8 Å². The van der Waals surface area contributed by atoms with Crippen LogP contribution in [-0.4, -0.2) is 34.6 Å². The minimum absolute atomic E-state index is 0.0383. The number of carbonyl (C=O) groups is 1. The Morgan fingerprint density at radius 1 is 1.14 bits per heavy atom. The second kappa shape index (κ2) is 9.09. The maximum Gasteiger partial charge on any atom is 0.410 e. The lowest BCUT2D eigenvalue weighted by Crippen LogP contribution is -2.37. The fourth-order valence-electron chi connectivity index (χ4n) is 4.01. The molecular weight excluding hydrogens is 350 g/mol. The highest BCUT2D eigenvalue weighted by molar-refractivity contribution is 5.68. The van der Waals surface area contributed by atoms with Gasteiger partial charge in [0.2, 0.25) is 0 Å². The molecule has 1 atom stereocenters. The molecule has 3 rings (SSSR count). The number of nitrogens with zero attached hydrogens (tertiary/aromatic N) is 3. The van der Waals surface area contributed by atoms with Crippen LogP contribution in [-0.2, 0) is 11.3 Å². The first-order valence-electron chi connectivity index (χ1n) is 10.2. The normalized spacial score (nSPS) is 16.6. The second-order valence-electron chi connectivity index (χ2n) is 7.94. The van der Waals surface area contributed by atoms with Crippen LogP contribution in [0.1, 0.15) is 57.7 Å². The van der Waals surface area contributed by atoms with Gasteiger partial charge in [0.15, 0.2) is 0 Å². The molecule has 0 aliphatic carbocycles. The fourth-order valence-corrected chi connectivity index (χ4v) is 4.01. The maximum atomic E-state index is 12.6. The number of hydrogen-bond acceptors (Lipinski definition) is 4. The van der Waals surface area contributed by atoms with Crippen LogP contribution in [0.5, 0.6) is 0 Å². The van der Waals surface area contributed by atoms with E-state index >= 15 is 0 Å². The number of pyridine rings is 1. The van der Waals surface area contributed by atoms with E-state index in [9.17, 15) is 4.79 Å². The van der Waals surface area contributed by atoms with Gasteiger partial charge in [-0.3, -0.25) is 0 Å². The third-order valence-corrected chi connectivity index (χ3v) is 5.23. The average Bonchev–Trinajstić information content (AvgIpc) is 3.17. The summed E-state index contributed by atoms with van der Waals surface area (Å²) in [5.41, 5.74) is 2.07. The maximum absolute atomic E-state index is 12.6. The van der Waals surface area contributed by atoms with Crippen LogP contribution in [0.25, 0.3) is 0 Å². The minimum atomic E-state index is -0.249. The van der Waals surface area contributed by atoms with E-state index < -0.39 is 0 Å². The Bertz CT molecular complexity index is 751. The van der Waals surface area contributed by atoms with Crippen LogP contribution >= 0.6 is 0 Å². The van der Waals surface area contributed by atoms with Crippen LogP contribution in [0, 0.1) is 0 Å². The standard InChI is InChI=1S/C23H31N3O2/c1-17(2)26(18(3)4)22-13-12-20(15-24-22)21-11-8-14-25(21)23(27)28-16-19-9-6-5-7-10-19/h5-7,9-10,12-13,15,17-18,21H,8,11,14,16H2,1-4H3. The van der Waals surface area contributed by atoms with Gasteiger partial charge in [-0.15, -0.1) is 0 Å². The molecule has 1 unspecified atom stereocenters. The van der Waals surface area contributed by atoms with E-state index in [1.54, 1.807) is 0 Å². The molecule has 5 heteroatoms. The molecule has 28 heavy (non-hydrogen) atoms. The topological polar surface area (TPSA) is 45.7 Å². The quantitative estimate of drug-likeness (QED) is 0.692. The van der Waals surface area contributed by atoms with Crippen LogP contribution < -0.4 is 4.90 Å². The second-order valence-corrected chi connectivity index (χ2v) is 7.94. The van der Waals surface area contributed by atoms with Gasteiger partial charge < -0.3 is 14.5 Å². The Hall–Kier alpha value is -2.56. The van der Waals surface area contributed by atoms with Gasteiger partial charge in [-0.2, -0.15) is 0 Å². The van der Waals surface area contributed by atoms with Gasteiger partial charge >= 0.3 is 6.09 Å². The molecule has 2 aromatic rings. The molecule has 1 amide bonds. The van der Waals surface area contributed by atoms with Crippen molar-refractivity contribution in [1.82, 2.24) is 9.88 Å². The van der Waals surface area contributed by atoms with Crippen molar-refractivity contribution in [3.63, 3.8) is 0 Å². The molecule has 0 saturated carbocycles. The average molecular weight is 382 g/mol. The summed E-state index contributed by atoms with van der Waals surface area (Å²) in [6, 6.07) is 14.8. The van der Waals surface area contributed by atoms with Crippen molar-refractivity contribution >= 4 is 11.9 Å². The molecule has 1 aromatic heterocycles. The van der Waals surface area contributed by atoms with Crippen molar-refractivity contribution in [3.8, 4) is 0 Å². The van der Waals surface area contributed by atoms with Crippen molar-refractivity contribution < 1.29 is 9.53 Å². The highest BCUT2D eigenvalue weighted by atomic mass is 16.6. The number of likely N-dealkylation sites (tertiary alicyclic amines) is 1. The Kier molecular flexibility index (Phi) is 6.55. The monoisotopic (exact) mass is 381 g/mol. The molecule has 1 aromatic carbocycles. The fraction of sp³-hybridized carbons (Fsp3) is 0.478. The summed E-state index contributed by atoms with van der Waals surface area (Å²) in [4.78, 5) is 21.5. The molecule has 0 bridgehead atoms. The number of amides is 1. The zero-order valence-electron chi connectivity index (χ0n) is 17.3. The third-order valence-electron chi connectivity index (χ3n) is 5.23. The van der Waals surface area contributed by atoms with E-state index in [0.29, 0.717) is 18.7 Å². The van der Waals surface area contributed by atoms with Crippen molar-refractivity contribution in [2.45, 2.75) is 65.3 Å². The van der Waals surface area contributed by atoms with E-state index in [4.69, 9.17) is 9.72 Å². The summed E-state index contributed by atoms with van der Waals surface area (Å²) in [6.45, 7) is 9.74. The third kappa shape index (κ3) is 4.64. The molecule has 0 radical (unpaired) electrons. The highest BCUT2D eigenvalue weighted by Crippen LogP contribution is 2.33. The number of rotatable bonds is 6. The first-order valence-corrected chi connectivity index (χ1v) is 10.2.